The number of carbonyl (C=O) groups excluding carboxylic acids is 1. The van der Waals surface area contributed by atoms with Gasteiger partial charge in [0.05, 0.1) is 0 Å². The summed E-state index contributed by atoms with van der Waals surface area (Å²) < 4.78 is 4.92. The van der Waals surface area contributed by atoms with E-state index in [0.717, 1.165) is 5.92 Å². The Kier molecular flexibility index (Phi) is 4.71. The Balaban J connectivity index is 2.41. The third-order valence-corrected chi connectivity index (χ3v) is 2.92. The molecular formula is C12H20O2. The van der Waals surface area contributed by atoms with Gasteiger partial charge < -0.3 is 4.74 Å². The van der Waals surface area contributed by atoms with Crippen molar-refractivity contribution in [3.05, 3.63) is 11.6 Å². The normalized spacial score (nSPS) is 25.0. The van der Waals surface area contributed by atoms with Crippen LogP contribution in [0.3, 0.4) is 0 Å². The Morgan fingerprint density at radius 1 is 1.57 bits per heavy atom. The monoisotopic (exact) mass is 196 g/mol. The van der Waals surface area contributed by atoms with Gasteiger partial charge in [-0.25, -0.2) is 0 Å². The summed E-state index contributed by atoms with van der Waals surface area (Å²) in [5.74, 6) is 0.546. The third kappa shape index (κ3) is 3.52. The summed E-state index contributed by atoms with van der Waals surface area (Å²) >= 11 is 0. The van der Waals surface area contributed by atoms with Gasteiger partial charge in [0.1, 0.15) is 6.61 Å². The molecule has 0 heterocycles. The van der Waals surface area contributed by atoms with Gasteiger partial charge in [-0.2, -0.15) is 0 Å². The highest BCUT2D eigenvalue weighted by Crippen LogP contribution is 2.31. The lowest BCUT2D eigenvalue weighted by atomic mass is 9.82. The Morgan fingerprint density at radius 3 is 3.00 bits per heavy atom. The van der Waals surface area contributed by atoms with E-state index < -0.39 is 0 Å². The van der Waals surface area contributed by atoms with E-state index in [2.05, 4.69) is 13.0 Å². The van der Waals surface area contributed by atoms with Crippen molar-refractivity contribution in [3.8, 4) is 0 Å². The fourth-order valence-electron chi connectivity index (χ4n) is 2.11. The van der Waals surface area contributed by atoms with Crippen molar-refractivity contribution in [2.45, 2.75) is 46.0 Å². The highest BCUT2D eigenvalue weighted by Gasteiger charge is 2.16. The van der Waals surface area contributed by atoms with E-state index in [1.807, 2.05) is 0 Å². The first-order valence-electron chi connectivity index (χ1n) is 5.56. The van der Waals surface area contributed by atoms with Gasteiger partial charge in [-0.05, 0) is 37.7 Å². The van der Waals surface area contributed by atoms with Crippen molar-refractivity contribution >= 4 is 5.97 Å². The molecule has 1 aliphatic carbocycles. The van der Waals surface area contributed by atoms with Crippen molar-refractivity contribution in [3.63, 3.8) is 0 Å². The molecule has 2 heteroatoms. The molecule has 1 unspecified atom stereocenters. The summed E-state index contributed by atoms with van der Waals surface area (Å²) in [6.45, 7) is 4.15. The number of carbonyl (C=O) groups is 1. The van der Waals surface area contributed by atoms with Gasteiger partial charge in [0.2, 0.25) is 0 Å². The number of rotatable bonds is 3. The van der Waals surface area contributed by atoms with Gasteiger partial charge in [0, 0.05) is 6.92 Å². The van der Waals surface area contributed by atoms with Crippen LogP contribution in [0.25, 0.3) is 0 Å². The second-order valence-corrected chi connectivity index (χ2v) is 3.93. The maximum absolute atomic E-state index is 10.6. The van der Waals surface area contributed by atoms with Crippen LogP contribution in [-0.2, 0) is 9.53 Å². The van der Waals surface area contributed by atoms with Crippen molar-refractivity contribution in [1.82, 2.24) is 0 Å². The summed E-state index contributed by atoms with van der Waals surface area (Å²) in [6.07, 6.45) is 8.47. The van der Waals surface area contributed by atoms with Crippen LogP contribution in [0, 0.1) is 5.92 Å². The zero-order chi connectivity index (χ0) is 10.4. The van der Waals surface area contributed by atoms with Crippen LogP contribution in [0.5, 0.6) is 0 Å². The van der Waals surface area contributed by atoms with Crippen LogP contribution in [0.4, 0.5) is 0 Å². The van der Waals surface area contributed by atoms with Gasteiger partial charge in [-0.3, -0.25) is 4.79 Å². The van der Waals surface area contributed by atoms with Crippen LogP contribution < -0.4 is 0 Å². The molecule has 1 fully saturated rings. The smallest absolute Gasteiger partial charge is 0.302 e. The summed E-state index contributed by atoms with van der Waals surface area (Å²) in [6, 6.07) is 0. The lowest BCUT2D eigenvalue weighted by molar-refractivity contribution is -0.139. The molecule has 0 aromatic carbocycles. The van der Waals surface area contributed by atoms with Crippen molar-refractivity contribution in [1.29, 1.82) is 0 Å². The predicted molar refractivity (Wildman–Crippen MR) is 57.0 cm³/mol. The maximum atomic E-state index is 10.6. The molecule has 0 bridgehead atoms. The average molecular weight is 196 g/mol. The molecule has 0 radical (unpaired) electrons. The molecule has 0 amide bonds. The van der Waals surface area contributed by atoms with Gasteiger partial charge in [-0.15, -0.1) is 0 Å². The first kappa shape index (κ1) is 11.3. The number of hydrogen-bond acceptors (Lipinski definition) is 2. The summed E-state index contributed by atoms with van der Waals surface area (Å²) in [4.78, 5) is 10.6. The second-order valence-electron chi connectivity index (χ2n) is 3.93. The fourth-order valence-corrected chi connectivity index (χ4v) is 2.11. The van der Waals surface area contributed by atoms with E-state index in [1.165, 1.54) is 44.6 Å². The zero-order valence-corrected chi connectivity index (χ0v) is 9.21. The number of hydrogen-bond donors (Lipinski definition) is 0. The fraction of sp³-hybridized carbons (Fsp3) is 0.750. The Bertz CT molecular complexity index is 218. The zero-order valence-electron chi connectivity index (χ0n) is 9.21. The molecule has 1 rings (SSSR count). The van der Waals surface area contributed by atoms with E-state index in [4.69, 9.17) is 4.74 Å². The van der Waals surface area contributed by atoms with E-state index >= 15 is 0 Å². The van der Waals surface area contributed by atoms with Crippen LogP contribution in [0.1, 0.15) is 46.0 Å². The molecule has 0 aromatic heterocycles. The quantitative estimate of drug-likeness (QED) is 0.512. The van der Waals surface area contributed by atoms with Crippen molar-refractivity contribution in [2.24, 2.45) is 5.92 Å². The molecule has 2 nitrogen and oxygen atoms in total. The van der Waals surface area contributed by atoms with E-state index in [1.54, 1.807) is 0 Å². The molecule has 0 aromatic rings. The standard InChI is InChI=1S/C12H20O2/c1-3-11-6-4-5-7-12(11)8-9-14-10(2)13/h8,11H,3-7,9H2,1-2H3/b12-8+. The molecule has 1 atom stereocenters. The average Bonchev–Trinajstić information content (AvgIpc) is 2.18. The molecule has 1 aliphatic rings. The van der Waals surface area contributed by atoms with Crippen LogP contribution in [0.15, 0.2) is 11.6 Å². The lowest BCUT2D eigenvalue weighted by Crippen LogP contribution is -2.10. The Hall–Kier alpha value is -0.790. The van der Waals surface area contributed by atoms with Gasteiger partial charge in [0.15, 0.2) is 0 Å². The second kappa shape index (κ2) is 5.84. The first-order valence-corrected chi connectivity index (χ1v) is 5.56. The molecule has 0 aliphatic heterocycles. The topological polar surface area (TPSA) is 26.3 Å². The minimum Gasteiger partial charge on any atom is -0.462 e. The van der Waals surface area contributed by atoms with Crippen molar-refractivity contribution in [2.75, 3.05) is 6.61 Å². The lowest BCUT2D eigenvalue weighted by Gasteiger charge is -2.24. The summed E-state index contributed by atoms with van der Waals surface area (Å²) in [7, 11) is 0. The molecular weight excluding hydrogens is 176 g/mol. The highest BCUT2D eigenvalue weighted by atomic mass is 16.5. The molecule has 80 valence electrons. The molecule has 0 N–H and O–H groups in total. The third-order valence-electron chi connectivity index (χ3n) is 2.92. The predicted octanol–water partition coefficient (Wildman–Crippen LogP) is 3.08. The van der Waals surface area contributed by atoms with Gasteiger partial charge >= 0.3 is 5.97 Å². The highest BCUT2D eigenvalue weighted by molar-refractivity contribution is 5.66. The number of ether oxygens (including phenoxy) is 1. The number of allylic oxidation sites excluding steroid dienone is 1. The van der Waals surface area contributed by atoms with E-state index in [9.17, 15) is 4.79 Å². The SMILES string of the molecule is CCC1CCCC/C1=C\COC(C)=O. The van der Waals surface area contributed by atoms with E-state index in [0.29, 0.717) is 6.61 Å². The molecule has 0 saturated heterocycles. The maximum Gasteiger partial charge on any atom is 0.302 e. The Labute approximate surface area is 86.3 Å². The largest absolute Gasteiger partial charge is 0.462 e. The summed E-state index contributed by atoms with van der Waals surface area (Å²) in [5, 5.41) is 0. The van der Waals surface area contributed by atoms with Gasteiger partial charge in [0.25, 0.3) is 0 Å². The minimum absolute atomic E-state index is 0.189. The van der Waals surface area contributed by atoms with E-state index in [-0.39, 0.29) is 5.97 Å². The molecule has 14 heavy (non-hydrogen) atoms. The van der Waals surface area contributed by atoms with Crippen LogP contribution >= 0.6 is 0 Å². The summed E-state index contributed by atoms with van der Waals surface area (Å²) in [5.41, 5.74) is 1.50. The molecule has 0 spiro atoms. The van der Waals surface area contributed by atoms with Crippen LogP contribution in [0.2, 0.25) is 0 Å². The molecule has 1 saturated carbocycles. The minimum atomic E-state index is -0.189. The van der Waals surface area contributed by atoms with Crippen LogP contribution in [-0.4, -0.2) is 12.6 Å². The first-order chi connectivity index (χ1) is 6.74. The van der Waals surface area contributed by atoms with Gasteiger partial charge in [-0.1, -0.05) is 18.9 Å². The number of esters is 1. The Morgan fingerprint density at radius 2 is 2.36 bits per heavy atom. The van der Waals surface area contributed by atoms with Crippen molar-refractivity contribution < 1.29 is 9.53 Å².